The quantitative estimate of drug-likeness (QED) is 0.777. The number of nitrogens with zero attached hydrogens (tertiary/aromatic N) is 2. The molecule has 0 spiro atoms. The van der Waals surface area contributed by atoms with Gasteiger partial charge >= 0.3 is 6.03 Å². The maximum Gasteiger partial charge on any atom is 0.317 e. The van der Waals surface area contributed by atoms with Gasteiger partial charge in [0.1, 0.15) is 0 Å². The summed E-state index contributed by atoms with van der Waals surface area (Å²) in [6.07, 6.45) is 0.748. The predicted octanol–water partition coefficient (Wildman–Crippen LogP) is 3.48. The van der Waals surface area contributed by atoms with Crippen LogP contribution in [0, 0.1) is 6.92 Å². The smallest absolute Gasteiger partial charge is 0.317 e. The Labute approximate surface area is 173 Å². The Morgan fingerprint density at radius 2 is 1.86 bits per heavy atom. The number of aryl methyl sites for hydroxylation is 1. The third-order valence-electron chi connectivity index (χ3n) is 5.15. The zero-order valence-electron chi connectivity index (χ0n) is 17.6. The van der Waals surface area contributed by atoms with Gasteiger partial charge in [-0.25, -0.2) is 4.79 Å². The van der Waals surface area contributed by atoms with E-state index in [0.29, 0.717) is 13.2 Å². The summed E-state index contributed by atoms with van der Waals surface area (Å²) in [6, 6.07) is 14.4. The summed E-state index contributed by atoms with van der Waals surface area (Å²) in [7, 11) is 1.64. The van der Waals surface area contributed by atoms with Crippen molar-refractivity contribution in [2.45, 2.75) is 20.3 Å². The highest BCUT2D eigenvalue weighted by Crippen LogP contribution is 2.28. The van der Waals surface area contributed by atoms with Gasteiger partial charge in [0.2, 0.25) is 0 Å². The lowest BCUT2D eigenvalue weighted by Crippen LogP contribution is -2.52. The van der Waals surface area contributed by atoms with E-state index in [4.69, 9.17) is 9.47 Å². The van der Waals surface area contributed by atoms with E-state index < -0.39 is 0 Å². The molecular weight excluding hydrogens is 366 g/mol. The largest absolute Gasteiger partial charge is 0.493 e. The Morgan fingerprint density at radius 1 is 1.07 bits per heavy atom. The molecule has 1 aliphatic heterocycles. The van der Waals surface area contributed by atoms with E-state index >= 15 is 0 Å². The molecule has 0 unspecified atom stereocenters. The van der Waals surface area contributed by atoms with Crippen LogP contribution in [0.2, 0.25) is 0 Å². The number of hydrogen-bond acceptors (Lipinski definition) is 4. The SMILES string of the molecule is CCOc1ccc(CCNC(=O)N2CCN(c3cccc(C)c3)CC2)cc1OC. The fourth-order valence-electron chi connectivity index (χ4n) is 3.56. The molecule has 3 rings (SSSR count). The van der Waals surface area contributed by atoms with Crippen LogP contribution in [0.5, 0.6) is 11.5 Å². The average Bonchev–Trinajstić information content (AvgIpc) is 2.75. The summed E-state index contributed by atoms with van der Waals surface area (Å²) in [6.45, 7) is 8.42. The molecule has 1 fully saturated rings. The molecule has 6 heteroatoms. The van der Waals surface area contributed by atoms with Crippen molar-refractivity contribution < 1.29 is 14.3 Å². The maximum atomic E-state index is 12.5. The number of hydrogen-bond donors (Lipinski definition) is 1. The molecule has 0 bridgehead atoms. The van der Waals surface area contributed by atoms with Gasteiger partial charge in [0.15, 0.2) is 11.5 Å². The summed E-state index contributed by atoms with van der Waals surface area (Å²) in [4.78, 5) is 16.7. The summed E-state index contributed by atoms with van der Waals surface area (Å²) >= 11 is 0. The number of benzene rings is 2. The van der Waals surface area contributed by atoms with Crippen LogP contribution in [-0.2, 0) is 6.42 Å². The van der Waals surface area contributed by atoms with Crippen molar-refractivity contribution in [1.82, 2.24) is 10.2 Å². The Bertz CT molecular complexity index is 817. The number of carbonyl (C=O) groups excluding carboxylic acids is 1. The lowest BCUT2D eigenvalue weighted by atomic mass is 10.1. The Balaban J connectivity index is 1.45. The van der Waals surface area contributed by atoms with Crippen molar-refractivity contribution in [2.75, 3.05) is 51.3 Å². The van der Waals surface area contributed by atoms with Gasteiger partial charge in [-0.15, -0.1) is 0 Å². The topological polar surface area (TPSA) is 54.0 Å². The number of rotatable bonds is 7. The minimum atomic E-state index is 0.00629. The van der Waals surface area contributed by atoms with Gasteiger partial charge in [-0.05, 0) is 55.7 Å². The zero-order chi connectivity index (χ0) is 20.6. The van der Waals surface area contributed by atoms with Gasteiger partial charge in [-0.1, -0.05) is 18.2 Å². The highest BCUT2D eigenvalue weighted by atomic mass is 16.5. The molecule has 1 aliphatic rings. The molecule has 6 nitrogen and oxygen atoms in total. The molecule has 0 aliphatic carbocycles. The number of methoxy groups -OCH3 is 1. The molecule has 1 heterocycles. The van der Waals surface area contributed by atoms with E-state index in [2.05, 4.69) is 41.4 Å². The third kappa shape index (κ3) is 5.56. The lowest BCUT2D eigenvalue weighted by Gasteiger charge is -2.36. The molecular formula is C23H31N3O3. The zero-order valence-corrected chi connectivity index (χ0v) is 17.6. The van der Waals surface area contributed by atoms with E-state index in [9.17, 15) is 4.79 Å². The van der Waals surface area contributed by atoms with E-state index in [-0.39, 0.29) is 6.03 Å². The molecule has 2 amide bonds. The average molecular weight is 398 g/mol. The molecule has 0 radical (unpaired) electrons. The molecule has 0 atom stereocenters. The van der Waals surface area contributed by atoms with Gasteiger partial charge in [0.25, 0.3) is 0 Å². The van der Waals surface area contributed by atoms with Gasteiger partial charge in [0, 0.05) is 38.4 Å². The first-order valence-corrected chi connectivity index (χ1v) is 10.2. The van der Waals surface area contributed by atoms with Crippen LogP contribution < -0.4 is 19.7 Å². The number of anilines is 1. The number of nitrogens with one attached hydrogen (secondary N) is 1. The Morgan fingerprint density at radius 3 is 2.55 bits per heavy atom. The molecule has 2 aromatic carbocycles. The minimum Gasteiger partial charge on any atom is -0.493 e. The van der Waals surface area contributed by atoms with Crippen molar-refractivity contribution in [3.05, 3.63) is 53.6 Å². The van der Waals surface area contributed by atoms with Crippen LogP contribution in [0.25, 0.3) is 0 Å². The molecule has 29 heavy (non-hydrogen) atoms. The summed E-state index contributed by atoms with van der Waals surface area (Å²) in [5.74, 6) is 1.47. The standard InChI is InChI=1S/C23H31N3O3/c1-4-29-21-9-8-19(17-22(21)28-3)10-11-24-23(27)26-14-12-25(13-15-26)20-7-5-6-18(2)16-20/h5-9,16-17H,4,10-15H2,1-3H3,(H,24,27). The molecule has 1 saturated heterocycles. The van der Waals surface area contributed by atoms with Crippen LogP contribution in [0.1, 0.15) is 18.1 Å². The van der Waals surface area contributed by atoms with E-state index in [1.54, 1.807) is 7.11 Å². The number of amides is 2. The summed E-state index contributed by atoms with van der Waals surface area (Å²) in [5.41, 5.74) is 3.60. The van der Waals surface area contributed by atoms with Crippen molar-refractivity contribution in [3.8, 4) is 11.5 Å². The maximum absolute atomic E-state index is 12.5. The van der Waals surface area contributed by atoms with Crippen LogP contribution in [-0.4, -0.2) is 57.4 Å². The van der Waals surface area contributed by atoms with Crippen LogP contribution >= 0.6 is 0 Å². The van der Waals surface area contributed by atoms with Gasteiger partial charge < -0.3 is 24.6 Å². The minimum absolute atomic E-state index is 0.00629. The van der Waals surface area contributed by atoms with Crippen LogP contribution in [0.15, 0.2) is 42.5 Å². The summed E-state index contributed by atoms with van der Waals surface area (Å²) < 4.78 is 10.9. The first-order valence-electron chi connectivity index (χ1n) is 10.2. The lowest BCUT2D eigenvalue weighted by molar-refractivity contribution is 0.194. The third-order valence-corrected chi connectivity index (χ3v) is 5.15. The number of urea groups is 1. The van der Waals surface area contributed by atoms with Crippen molar-refractivity contribution >= 4 is 11.7 Å². The van der Waals surface area contributed by atoms with Gasteiger partial charge in [0.05, 0.1) is 13.7 Å². The fourth-order valence-corrected chi connectivity index (χ4v) is 3.56. The van der Waals surface area contributed by atoms with Crippen molar-refractivity contribution in [3.63, 3.8) is 0 Å². The predicted molar refractivity (Wildman–Crippen MR) is 116 cm³/mol. The second-order valence-corrected chi connectivity index (χ2v) is 7.21. The van der Waals surface area contributed by atoms with E-state index in [1.165, 1.54) is 11.3 Å². The van der Waals surface area contributed by atoms with E-state index in [0.717, 1.165) is 49.7 Å². The number of piperazine rings is 1. The highest BCUT2D eigenvalue weighted by Gasteiger charge is 2.21. The first-order chi connectivity index (χ1) is 14.1. The Hall–Kier alpha value is -2.89. The second kappa shape index (κ2) is 10.0. The molecule has 1 N–H and O–H groups in total. The van der Waals surface area contributed by atoms with E-state index in [1.807, 2.05) is 30.0 Å². The number of carbonyl (C=O) groups is 1. The van der Waals surface area contributed by atoms with Crippen LogP contribution in [0.3, 0.4) is 0 Å². The van der Waals surface area contributed by atoms with Crippen LogP contribution in [0.4, 0.5) is 10.5 Å². The normalized spacial score (nSPS) is 13.9. The molecule has 0 aromatic heterocycles. The molecule has 156 valence electrons. The first kappa shape index (κ1) is 20.8. The Kier molecular flexibility index (Phi) is 7.22. The highest BCUT2D eigenvalue weighted by molar-refractivity contribution is 5.74. The van der Waals surface area contributed by atoms with Gasteiger partial charge in [-0.2, -0.15) is 0 Å². The fraction of sp³-hybridized carbons (Fsp3) is 0.435. The monoisotopic (exact) mass is 397 g/mol. The van der Waals surface area contributed by atoms with Crippen molar-refractivity contribution in [1.29, 1.82) is 0 Å². The van der Waals surface area contributed by atoms with Crippen molar-refractivity contribution in [2.24, 2.45) is 0 Å². The van der Waals surface area contributed by atoms with Gasteiger partial charge in [-0.3, -0.25) is 0 Å². The second-order valence-electron chi connectivity index (χ2n) is 7.21. The summed E-state index contributed by atoms with van der Waals surface area (Å²) in [5, 5.41) is 3.04. The molecule has 2 aromatic rings. The molecule has 0 saturated carbocycles. The number of ether oxygens (including phenoxy) is 2.